The standard InChI is InChI=1S/C17H19N7O2/c25-15(7-4-9-23-12-18-11-20-23)24-10-3-6-14(24)17-21-16(22-26-17)13-5-1-2-8-19-13/h1-2,5,8,11-12,14H,3-4,6-7,9-10H2. The Labute approximate surface area is 150 Å². The van der Waals surface area contributed by atoms with Crippen LogP contribution >= 0.6 is 0 Å². The zero-order valence-electron chi connectivity index (χ0n) is 14.2. The van der Waals surface area contributed by atoms with Crippen molar-refractivity contribution in [3.8, 4) is 11.5 Å². The first-order chi connectivity index (χ1) is 12.8. The topological polar surface area (TPSA) is 103 Å². The van der Waals surface area contributed by atoms with E-state index in [4.69, 9.17) is 4.52 Å². The van der Waals surface area contributed by atoms with Crippen LogP contribution in [0, 0.1) is 0 Å². The van der Waals surface area contributed by atoms with Gasteiger partial charge in [-0.15, -0.1) is 0 Å². The Bertz CT molecular complexity index is 847. The Kier molecular flexibility index (Phi) is 4.67. The number of rotatable bonds is 6. The quantitative estimate of drug-likeness (QED) is 0.666. The number of aryl methyl sites for hydroxylation is 1. The summed E-state index contributed by atoms with van der Waals surface area (Å²) in [5.74, 6) is 1.03. The van der Waals surface area contributed by atoms with Crippen LogP contribution in [0.4, 0.5) is 0 Å². The van der Waals surface area contributed by atoms with Crippen LogP contribution < -0.4 is 0 Å². The number of carbonyl (C=O) groups is 1. The number of hydrogen-bond donors (Lipinski definition) is 0. The molecule has 0 aromatic carbocycles. The van der Waals surface area contributed by atoms with Gasteiger partial charge in [0.1, 0.15) is 24.4 Å². The Morgan fingerprint density at radius 2 is 2.31 bits per heavy atom. The summed E-state index contributed by atoms with van der Waals surface area (Å²) in [6.07, 6.45) is 7.77. The van der Waals surface area contributed by atoms with Crippen molar-refractivity contribution >= 4 is 5.91 Å². The van der Waals surface area contributed by atoms with Gasteiger partial charge in [-0.3, -0.25) is 14.5 Å². The zero-order valence-corrected chi connectivity index (χ0v) is 14.2. The van der Waals surface area contributed by atoms with Crippen molar-refractivity contribution in [3.63, 3.8) is 0 Å². The summed E-state index contributed by atoms with van der Waals surface area (Å²) in [5.41, 5.74) is 0.659. The lowest BCUT2D eigenvalue weighted by Crippen LogP contribution is -2.30. The van der Waals surface area contributed by atoms with Crippen LogP contribution in [0.25, 0.3) is 11.5 Å². The molecule has 3 aromatic heterocycles. The van der Waals surface area contributed by atoms with E-state index in [1.807, 2.05) is 23.1 Å². The van der Waals surface area contributed by atoms with Crippen LogP contribution in [0.3, 0.4) is 0 Å². The summed E-state index contributed by atoms with van der Waals surface area (Å²) < 4.78 is 7.16. The highest BCUT2D eigenvalue weighted by atomic mass is 16.5. The molecule has 1 fully saturated rings. The van der Waals surface area contributed by atoms with E-state index in [-0.39, 0.29) is 11.9 Å². The van der Waals surface area contributed by atoms with E-state index in [1.165, 1.54) is 6.33 Å². The van der Waals surface area contributed by atoms with E-state index in [0.29, 0.717) is 43.3 Å². The van der Waals surface area contributed by atoms with Gasteiger partial charge >= 0.3 is 0 Å². The minimum Gasteiger partial charge on any atom is -0.337 e. The average Bonchev–Trinajstić information content (AvgIpc) is 3.42. The number of likely N-dealkylation sites (tertiary alicyclic amines) is 1. The summed E-state index contributed by atoms with van der Waals surface area (Å²) in [4.78, 5) is 27.0. The molecule has 1 amide bonds. The van der Waals surface area contributed by atoms with Crippen LogP contribution in [0.15, 0.2) is 41.6 Å². The van der Waals surface area contributed by atoms with Crippen LogP contribution in [0.5, 0.6) is 0 Å². The maximum absolute atomic E-state index is 12.6. The number of carbonyl (C=O) groups excluding carboxylic acids is 1. The molecule has 0 bridgehead atoms. The van der Waals surface area contributed by atoms with Crippen LogP contribution in [0.1, 0.15) is 37.6 Å². The summed E-state index contributed by atoms with van der Waals surface area (Å²) in [5, 5.41) is 8.06. The van der Waals surface area contributed by atoms with Gasteiger partial charge in [0.05, 0.1) is 0 Å². The van der Waals surface area contributed by atoms with Gasteiger partial charge in [-0.05, 0) is 31.4 Å². The number of pyridine rings is 1. The highest BCUT2D eigenvalue weighted by Gasteiger charge is 2.33. The second kappa shape index (κ2) is 7.42. The second-order valence-corrected chi connectivity index (χ2v) is 6.18. The van der Waals surface area contributed by atoms with Crippen LogP contribution in [-0.2, 0) is 11.3 Å². The summed E-state index contributed by atoms with van der Waals surface area (Å²) in [7, 11) is 0. The van der Waals surface area contributed by atoms with Crippen molar-refractivity contribution in [2.75, 3.05) is 6.54 Å². The molecule has 0 aliphatic carbocycles. The smallest absolute Gasteiger partial charge is 0.249 e. The maximum atomic E-state index is 12.6. The Morgan fingerprint density at radius 3 is 3.12 bits per heavy atom. The fourth-order valence-corrected chi connectivity index (χ4v) is 3.18. The highest BCUT2D eigenvalue weighted by molar-refractivity contribution is 5.76. The van der Waals surface area contributed by atoms with Gasteiger partial charge in [0.15, 0.2) is 0 Å². The summed E-state index contributed by atoms with van der Waals surface area (Å²) in [6.45, 7) is 1.39. The molecule has 1 saturated heterocycles. The molecule has 1 aliphatic heterocycles. The maximum Gasteiger partial charge on any atom is 0.249 e. The minimum absolute atomic E-state index is 0.102. The fourth-order valence-electron chi connectivity index (χ4n) is 3.18. The predicted molar refractivity (Wildman–Crippen MR) is 90.5 cm³/mol. The molecular weight excluding hydrogens is 334 g/mol. The van der Waals surface area contributed by atoms with E-state index >= 15 is 0 Å². The third kappa shape index (κ3) is 3.46. The monoisotopic (exact) mass is 353 g/mol. The van der Waals surface area contributed by atoms with Gasteiger partial charge in [0.25, 0.3) is 0 Å². The fraction of sp³-hybridized carbons (Fsp3) is 0.412. The Morgan fingerprint density at radius 1 is 1.35 bits per heavy atom. The van der Waals surface area contributed by atoms with Crippen molar-refractivity contribution in [2.24, 2.45) is 0 Å². The van der Waals surface area contributed by atoms with Gasteiger partial charge in [-0.2, -0.15) is 10.1 Å². The minimum atomic E-state index is -0.154. The van der Waals surface area contributed by atoms with Crippen molar-refractivity contribution in [2.45, 2.75) is 38.3 Å². The van der Waals surface area contributed by atoms with Crippen LogP contribution in [0.2, 0.25) is 0 Å². The first kappa shape index (κ1) is 16.4. The molecule has 0 saturated carbocycles. The van der Waals surface area contributed by atoms with Crippen LogP contribution in [-0.4, -0.2) is 47.2 Å². The first-order valence-electron chi connectivity index (χ1n) is 8.68. The normalized spacial score (nSPS) is 16.9. The summed E-state index contributed by atoms with van der Waals surface area (Å²) >= 11 is 0. The van der Waals surface area contributed by atoms with E-state index in [1.54, 1.807) is 17.2 Å². The molecular formula is C17H19N7O2. The van der Waals surface area contributed by atoms with Crippen molar-refractivity contribution in [3.05, 3.63) is 42.9 Å². The van der Waals surface area contributed by atoms with Gasteiger partial charge in [0, 0.05) is 25.7 Å². The lowest BCUT2D eigenvalue weighted by atomic mass is 10.2. The first-order valence-corrected chi connectivity index (χ1v) is 8.68. The number of nitrogens with zero attached hydrogens (tertiary/aromatic N) is 7. The molecule has 26 heavy (non-hydrogen) atoms. The van der Waals surface area contributed by atoms with Gasteiger partial charge in [-0.1, -0.05) is 11.2 Å². The molecule has 1 unspecified atom stereocenters. The largest absolute Gasteiger partial charge is 0.337 e. The summed E-state index contributed by atoms with van der Waals surface area (Å²) in [6, 6.07) is 5.38. The molecule has 9 heteroatoms. The molecule has 0 radical (unpaired) electrons. The van der Waals surface area contributed by atoms with E-state index < -0.39 is 0 Å². The molecule has 3 aromatic rings. The molecule has 0 spiro atoms. The number of amides is 1. The molecule has 134 valence electrons. The molecule has 1 atom stereocenters. The SMILES string of the molecule is O=C(CCCn1cncn1)N1CCCC1c1nc(-c2ccccn2)no1. The lowest BCUT2D eigenvalue weighted by molar-refractivity contribution is -0.132. The molecule has 1 aliphatic rings. The third-order valence-electron chi connectivity index (χ3n) is 4.44. The van der Waals surface area contributed by atoms with E-state index in [0.717, 1.165) is 12.8 Å². The Hall–Kier alpha value is -3.10. The average molecular weight is 353 g/mol. The van der Waals surface area contributed by atoms with Crippen molar-refractivity contribution < 1.29 is 9.32 Å². The van der Waals surface area contributed by atoms with E-state index in [9.17, 15) is 4.79 Å². The lowest BCUT2D eigenvalue weighted by Gasteiger charge is -2.21. The molecule has 4 heterocycles. The predicted octanol–water partition coefficient (Wildman–Crippen LogP) is 1.87. The third-order valence-corrected chi connectivity index (χ3v) is 4.44. The van der Waals surface area contributed by atoms with Gasteiger partial charge in [0.2, 0.25) is 17.6 Å². The van der Waals surface area contributed by atoms with Crippen molar-refractivity contribution in [1.82, 2.24) is 34.8 Å². The highest BCUT2D eigenvalue weighted by Crippen LogP contribution is 2.32. The number of aromatic nitrogens is 6. The van der Waals surface area contributed by atoms with Crippen molar-refractivity contribution in [1.29, 1.82) is 0 Å². The zero-order chi connectivity index (χ0) is 17.8. The van der Waals surface area contributed by atoms with Gasteiger partial charge in [-0.25, -0.2) is 4.98 Å². The second-order valence-electron chi connectivity index (χ2n) is 6.18. The number of hydrogen-bond acceptors (Lipinski definition) is 7. The van der Waals surface area contributed by atoms with E-state index in [2.05, 4.69) is 25.2 Å². The molecule has 0 N–H and O–H groups in total. The van der Waals surface area contributed by atoms with Gasteiger partial charge < -0.3 is 9.42 Å². The molecule has 4 rings (SSSR count). The molecule has 9 nitrogen and oxygen atoms in total. The Balaban J connectivity index is 1.40.